The van der Waals surface area contributed by atoms with Crippen LogP contribution in [0.1, 0.15) is 58.3 Å². The molecule has 0 atom stereocenters. The Morgan fingerprint density at radius 3 is 2.43 bits per heavy atom. The molecule has 3 heteroatoms. The topological polar surface area (TPSA) is 52.0 Å². The van der Waals surface area contributed by atoms with Crippen molar-refractivity contribution < 1.29 is 4.52 Å². The summed E-state index contributed by atoms with van der Waals surface area (Å²) in [6.07, 6.45) is 1.02. The summed E-state index contributed by atoms with van der Waals surface area (Å²) < 4.78 is 5.34. The number of hydrogen-bond acceptors (Lipinski definition) is 3. The van der Waals surface area contributed by atoms with Gasteiger partial charge in [0.1, 0.15) is 5.76 Å². The minimum absolute atomic E-state index is 0.0181. The van der Waals surface area contributed by atoms with Gasteiger partial charge in [0.05, 0.1) is 0 Å². The third-order valence-corrected chi connectivity index (χ3v) is 2.83. The second-order valence-electron chi connectivity index (χ2n) is 4.70. The molecule has 3 nitrogen and oxygen atoms in total. The second-order valence-corrected chi connectivity index (χ2v) is 4.70. The van der Waals surface area contributed by atoms with Crippen LogP contribution in [0.4, 0.5) is 5.82 Å². The predicted octanol–water partition coefficient (Wildman–Crippen LogP) is 3.07. The smallest absolute Gasteiger partial charge is 0.170 e. The maximum Gasteiger partial charge on any atom is 0.170 e. The van der Waals surface area contributed by atoms with E-state index in [1.807, 2.05) is 0 Å². The monoisotopic (exact) mass is 196 g/mol. The zero-order chi connectivity index (χ0) is 10.9. The number of hydrogen-bond donors (Lipinski definition) is 1. The number of nitrogen functional groups attached to an aromatic ring is 1. The Morgan fingerprint density at radius 1 is 1.43 bits per heavy atom. The van der Waals surface area contributed by atoms with Gasteiger partial charge in [0.2, 0.25) is 0 Å². The van der Waals surface area contributed by atoms with E-state index in [-0.39, 0.29) is 5.41 Å². The lowest BCUT2D eigenvalue weighted by molar-refractivity contribution is 0.308. The van der Waals surface area contributed by atoms with Crippen molar-refractivity contribution in [1.29, 1.82) is 0 Å². The molecule has 1 aromatic heterocycles. The van der Waals surface area contributed by atoms with E-state index in [2.05, 4.69) is 39.8 Å². The molecule has 0 amide bonds. The van der Waals surface area contributed by atoms with Crippen LogP contribution in [-0.4, -0.2) is 5.16 Å². The molecule has 0 bridgehead atoms. The van der Waals surface area contributed by atoms with Gasteiger partial charge < -0.3 is 10.3 Å². The lowest BCUT2D eigenvalue weighted by atomic mass is 9.83. The summed E-state index contributed by atoms with van der Waals surface area (Å²) in [7, 11) is 0. The zero-order valence-electron chi connectivity index (χ0n) is 9.72. The van der Waals surface area contributed by atoms with Crippen molar-refractivity contribution in [3.63, 3.8) is 0 Å². The van der Waals surface area contributed by atoms with E-state index in [1.54, 1.807) is 0 Å². The molecule has 0 aliphatic heterocycles. The first-order valence-electron chi connectivity index (χ1n) is 5.15. The molecule has 80 valence electrons. The van der Waals surface area contributed by atoms with E-state index in [0.29, 0.717) is 11.7 Å². The fourth-order valence-corrected chi connectivity index (χ4v) is 1.52. The molecule has 0 radical (unpaired) electrons. The Morgan fingerprint density at radius 2 is 2.00 bits per heavy atom. The number of nitrogens with two attached hydrogens (primary N) is 1. The normalized spacial score (nSPS) is 12.4. The SMILES string of the molecule is CCC(C)(C)c1onc(N)c1C(C)C. The summed E-state index contributed by atoms with van der Waals surface area (Å²) in [5.74, 6) is 1.84. The molecular formula is C11H20N2O. The van der Waals surface area contributed by atoms with Crippen LogP contribution in [0, 0.1) is 0 Å². The van der Waals surface area contributed by atoms with Gasteiger partial charge in [0.15, 0.2) is 5.82 Å². The lowest BCUT2D eigenvalue weighted by Crippen LogP contribution is -2.17. The molecule has 2 N–H and O–H groups in total. The van der Waals surface area contributed by atoms with Gasteiger partial charge in [-0.1, -0.05) is 39.8 Å². The first-order valence-corrected chi connectivity index (χ1v) is 5.15. The molecule has 0 aliphatic rings. The van der Waals surface area contributed by atoms with Crippen molar-refractivity contribution in [2.45, 2.75) is 52.4 Å². The number of nitrogens with zero attached hydrogens (tertiary/aromatic N) is 1. The summed E-state index contributed by atoms with van der Waals surface area (Å²) in [5, 5.41) is 3.85. The highest BCUT2D eigenvalue weighted by Crippen LogP contribution is 2.36. The Hall–Kier alpha value is -0.990. The first-order chi connectivity index (χ1) is 6.40. The van der Waals surface area contributed by atoms with Crippen LogP contribution in [0.3, 0.4) is 0 Å². The molecule has 14 heavy (non-hydrogen) atoms. The van der Waals surface area contributed by atoms with Crippen LogP contribution in [0.5, 0.6) is 0 Å². The van der Waals surface area contributed by atoms with Crippen molar-refractivity contribution in [3.8, 4) is 0 Å². The standard InChI is InChI=1S/C11H20N2O/c1-6-11(4,5)9-8(7(2)3)10(12)13-14-9/h7H,6H2,1-5H3,(H2,12,13). The van der Waals surface area contributed by atoms with Gasteiger partial charge in [-0.05, 0) is 12.3 Å². The zero-order valence-corrected chi connectivity index (χ0v) is 9.72. The minimum Gasteiger partial charge on any atom is -0.381 e. The van der Waals surface area contributed by atoms with E-state index in [4.69, 9.17) is 10.3 Å². The summed E-state index contributed by atoms with van der Waals surface area (Å²) in [6, 6.07) is 0. The largest absolute Gasteiger partial charge is 0.381 e. The van der Waals surface area contributed by atoms with E-state index in [0.717, 1.165) is 17.7 Å². The van der Waals surface area contributed by atoms with E-state index in [9.17, 15) is 0 Å². The van der Waals surface area contributed by atoms with Crippen molar-refractivity contribution in [2.75, 3.05) is 5.73 Å². The Balaban J connectivity index is 3.22. The Bertz CT molecular complexity index is 313. The highest BCUT2D eigenvalue weighted by atomic mass is 16.5. The lowest BCUT2D eigenvalue weighted by Gasteiger charge is -2.21. The third kappa shape index (κ3) is 1.76. The van der Waals surface area contributed by atoms with Crippen molar-refractivity contribution >= 4 is 5.82 Å². The number of aromatic nitrogens is 1. The average molecular weight is 196 g/mol. The Kier molecular flexibility index (Phi) is 2.88. The van der Waals surface area contributed by atoms with Crippen molar-refractivity contribution in [3.05, 3.63) is 11.3 Å². The van der Waals surface area contributed by atoms with Crippen molar-refractivity contribution in [1.82, 2.24) is 5.16 Å². The molecule has 1 aromatic rings. The molecule has 0 unspecified atom stereocenters. The van der Waals surface area contributed by atoms with Gasteiger partial charge in [0.25, 0.3) is 0 Å². The van der Waals surface area contributed by atoms with Crippen LogP contribution >= 0.6 is 0 Å². The summed E-state index contributed by atoms with van der Waals surface area (Å²) >= 11 is 0. The summed E-state index contributed by atoms with van der Waals surface area (Å²) in [4.78, 5) is 0. The fraction of sp³-hybridized carbons (Fsp3) is 0.727. The fourth-order valence-electron chi connectivity index (χ4n) is 1.52. The van der Waals surface area contributed by atoms with Crippen LogP contribution in [-0.2, 0) is 5.41 Å². The Labute approximate surface area is 85.7 Å². The highest BCUT2D eigenvalue weighted by Gasteiger charge is 2.29. The minimum atomic E-state index is 0.0181. The second kappa shape index (κ2) is 3.64. The number of rotatable bonds is 3. The van der Waals surface area contributed by atoms with Gasteiger partial charge >= 0.3 is 0 Å². The molecule has 1 rings (SSSR count). The highest BCUT2D eigenvalue weighted by molar-refractivity contribution is 5.44. The van der Waals surface area contributed by atoms with E-state index in [1.165, 1.54) is 0 Å². The van der Waals surface area contributed by atoms with Gasteiger partial charge in [-0.2, -0.15) is 0 Å². The quantitative estimate of drug-likeness (QED) is 0.808. The molecule has 1 heterocycles. The first kappa shape index (κ1) is 11.1. The van der Waals surface area contributed by atoms with E-state index < -0.39 is 0 Å². The van der Waals surface area contributed by atoms with Gasteiger partial charge in [-0.25, -0.2) is 0 Å². The van der Waals surface area contributed by atoms with E-state index >= 15 is 0 Å². The molecule has 0 aromatic carbocycles. The summed E-state index contributed by atoms with van der Waals surface area (Å²) in [6.45, 7) is 10.7. The predicted molar refractivity (Wildman–Crippen MR) is 58.3 cm³/mol. The number of anilines is 1. The molecule has 0 fully saturated rings. The molecular weight excluding hydrogens is 176 g/mol. The molecule has 0 aliphatic carbocycles. The third-order valence-electron chi connectivity index (χ3n) is 2.83. The van der Waals surface area contributed by atoms with Crippen LogP contribution in [0.15, 0.2) is 4.52 Å². The van der Waals surface area contributed by atoms with Gasteiger partial charge in [-0.15, -0.1) is 0 Å². The van der Waals surface area contributed by atoms with Crippen molar-refractivity contribution in [2.24, 2.45) is 0 Å². The maximum absolute atomic E-state index is 5.79. The van der Waals surface area contributed by atoms with Crippen LogP contribution < -0.4 is 5.73 Å². The maximum atomic E-state index is 5.79. The van der Waals surface area contributed by atoms with Crippen LogP contribution in [0.2, 0.25) is 0 Å². The van der Waals surface area contributed by atoms with Gasteiger partial charge in [-0.3, -0.25) is 0 Å². The molecule has 0 spiro atoms. The molecule has 0 saturated carbocycles. The van der Waals surface area contributed by atoms with Crippen LogP contribution in [0.25, 0.3) is 0 Å². The molecule has 0 saturated heterocycles. The summed E-state index contributed by atoms with van der Waals surface area (Å²) in [5.41, 5.74) is 6.87. The average Bonchev–Trinajstić information content (AvgIpc) is 2.47. The van der Waals surface area contributed by atoms with Gasteiger partial charge in [0, 0.05) is 11.0 Å².